The Balaban J connectivity index is 1.70. The van der Waals surface area contributed by atoms with Crippen molar-refractivity contribution in [2.45, 2.75) is 20.0 Å². The zero-order valence-corrected chi connectivity index (χ0v) is 13.2. The Kier molecular flexibility index (Phi) is 4.38. The van der Waals surface area contributed by atoms with E-state index in [9.17, 15) is 4.79 Å². The van der Waals surface area contributed by atoms with Crippen molar-refractivity contribution in [2.24, 2.45) is 0 Å². The number of benzene rings is 1. The Morgan fingerprint density at radius 1 is 1.30 bits per heavy atom. The maximum Gasteiger partial charge on any atom is 0.276 e. The van der Waals surface area contributed by atoms with Crippen molar-refractivity contribution in [2.75, 3.05) is 5.32 Å². The lowest BCUT2D eigenvalue weighted by Gasteiger charge is -2.04. The number of anilines is 1. The van der Waals surface area contributed by atoms with Crippen LogP contribution >= 0.6 is 11.6 Å². The van der Waals surface area contributed by atoms with Gasteiger partial charge in [-0.15, -0.1) is 5.10 Å². The van der Waals surface area contributed by atoms with Gasteiger partial charge in [-0.3, -0.25) is 14.8 Å². The summed E-state index contributed by atoms with van der Waals surface area (Å²) in [4.78, 5) is 16.3. The van der Waals surface area contributed by atoms with Gasteiger partial charge in [0.2, 0.25) is 5.95 Å². The number of hydrogen-bond donors (Lipinski definition) is 1. The third-order valence-corrected chi connectivity index (χ3v) is 3.67. The molecule has 0 spiro atoms. The average Bonchev–Trinajstić information content (AvgIpc) is 3.18. The van der Waals surface area contributed by atoms with Gasteiger partial charge in [-0.25, -0.2) is 9.67 Å². The van der Waals surface area contributed by atoms with Crippen LogP contribution < -0.4 is 5.32 Å². The van der Waals surface area contributed by atoms with E-state index in [2.05, 4.69) is 20.5 Å². The van der Waals surface area contributed by atoms with Crippen LogP contribution in [-0.2, 0) is 13.1 Å². The Morgan fingerprint density at radius 2 is 2.13 bits per heavy atom. The molecule has 7 nitrogen and oxygen atoms in total. The van der Waals surface area contributed by atoms with E-state index in [1.165, 1.54) is 0 Å². The number of carbonyl (C=O) groups is 1. The number of halogens is 1. The average molecular weight is 331 g/mol. The fraction of sp³-hybridized carbons (Fsp3) is 0.200. The van der Waals surface area contributed by atoms with Crippen molar-refractivity contribution in [3.05, 3.63) is 59.1 Å². The first-order valence-corrected chi connectivity index (χ1v) is 7.51. The van der Waals surface area contributed by atoms with Gasteiger partial charge >= 0.3 is 0 Å². The van der Waals surface area contributed by atoms with Gasteiger partial charge in [0.15, 0.2) is 0 Å². The third-order valence-electron chi connectivity index (χ3n) is 3.30. The van der Waals surface area contributed by atoms with E-state index in [-0.39, 0.29) is 11.9 Å². The smallest absolute Gasteiger partial charge is 0.276 e. The molecule has 0 atom stereocenters. The highest BCUT2D eigenvalue weighted by Gasteiger charge is 2.13. The maximum absolute atomic E-state index is 12.2. The molecule has 2 heterocycles. The van der Waals surface area contributed by atoms with Gasteiger partial charge < -0.3 is 0 Å². The third kappa shape index (κ3) is 3.40. The van der Waals surface area contributed by atoms with E-state index in [0.29, 0.717) is 23.8 Å². The highest BCUT2D eigenvalue weighted by molar-refractivity contribution is 6.31. The number of carbonyl (C=O) groups excluding carboxylic acids is 1. The number of aromatic nitrogens is 5. The standard InChI is InChI=1S/C15H15ClN6O/c1-2-22-13(7-8-18-22)14(23)19-15-17-10-21(20-15)9-11-5-3-4-6-12(11)16/h3-8,10H,2,9H2,1H3,(H,19,20,23). The molecule has 0 bridgehead atoms. The number of hydrogen-bond acceptors (Lipinski definition) is 4. The molecule has 1 aromatic carbocycles. The molecule has 23 heavy (non-hydrogen) atoms. The van der Waals surface area contributed by atoms with Gasteiger partial charge in [-0.1, -0.05) is 29.8 Å². The molecular weight excluding hydrogens is 316 g/mol. The zero-order chi connectivity index (χ0) is 16.2. The molecule has 3 rings (SSSR count). The van der Waals surface area contributed by atoms with E-state index in [0.717, 1.165) is 5.56 Å². The van der Waals surface area contributed by atoms with Crippen LogP contribution in [0.4, 0.5) is 5.95 Å². The predicted molar refractivity (Wildman–Crippen MR) is 86.4 cm³/mol. The van der Waals surface area contributed by atoms with Crippen LogP contribution in [0.1, 0.15) is 23.0 Å². The highest BCUT2D eigenvalue weighted by atomic mass is 35.5. The van der Waals surface area contributed by atoms with Crippen molar-refractivity contribution >= 4 is 23.5 Å². The summed E-state index contributed by atoms with van der Waals surface area (Å²) in [7, 11) is 0. The summed E-state index contributed by atoms with van der Waals surface area (Å²) in [5.41, 5.74) is 1.40. The van der Waals surface area contributed by atoms with Gasteiger partial charge in [-0.2, -0.15) is 5.10 Å². The summed E-state index contributed by atoms with van der Waals surface area (Å²) in [6.45, 7) is 3.01. The molecule has 1 N–H and O–H groups in total. The zero-order valence-electron chi connectivity index (χ0n) is 12.5. The van der Waals surface area contributed by atoms with E-state index < -0.39 is 0 Å². The minimum absolute atomic E-state index is 0.242. The number of nitrogens with one attached hydrogen (secondary N) is 1. The van der Waals surface area contributed by atoms with Crippen molar-refractivity contribution in [1.82, 2.24) is 24.5 Å². The Bertz CT molecular complexity index is 825. The van der Waals surface area contributed by atoms with Crippen LogP contribution in [0, 0.1) is 0 Å². The van der Waals surface area contributed by atoms with Crippen LogP contribution in [0.15, 0.2) is 42.9 Å². The van der Waals surface area contributed by atoms with Crippen LogP contribution in [-0.4, -0.2) is 30.5 Å². The topological polar surface area (TPSA) is 77.6 Å². The van der Waals surface area contributed by atoms with Gasteiger partial charge in [0.05, 0.1) is 6.54 Å². The molecule has 118 valence electrons. The quantitative estimate of drug-likeness (QED) is 0.779. The molecule has 0 aliphatic carbocycles. The Labute approximate surface area is 137 Å². The molecule has 0 unspecified atom stereocenters. The summed E-state index contributed by atoms with van der Waals surface area (Å²) in [5, 5.41) is 11.6. The lowest BCUT2D eigenvalue weighted by atomic mass is 10.2. The molecule has 0 aliphatic heterocycles. The first kappa shape index (κ1) is 15.2. The van der Waals surface area contributed by atoms with Crippen molar-refractivity contribution in [3.63, 3.8) is 0 Å². The second-order valence-electron chi connectivity index (χ2n) is 4.84. The first-order chi connectivity index (χ1) is 11.2. The minimum Gasteiger partial charge on any atom is -0.288 e. The van der Waals surface area contributed by atoms with E-state index in [1.54, 1.807) is 28.0 Å². The normalized spacial score (nSPS) is 10.7. The van der Waals surface area contributed by atoms with Crippen LogP contribution in [0.2, 0.25) is 5.02 Å². The lowest BCUT2D eigenvalue weighted by molar-refractivity contribution is 0.101. The van der Waals surface area contributed by atoms with Crippen LogP contribution in [0.25, 0.3) is 0 Å². The number of amides is 1. The summed E-state index contributed by atoms with van der Waals surface area (Å²) in [6.07, 6.45) is 3.14. The van der Waals surface area contributed by atoms with Gasteiger partial charge in [0.25, 0.3) is 5.91 Å². The fourth-order valence-corrected chi connectivity index (χ4v) is 2.37. The number of rotatable bonds is 5. The Morgan fingerprint density at radius 3 is 2.91 bits per heavy atom. The molecule has 0 saturated heterocycles. The molecule has 0 fully saturated rings. The molecule has 8 heteroatoms. The first-order valence-electron chi connectivity index (χ1n) is 7.13. The van der Waals surface area contributed by atoms with Gasteiger partial charge in [0.1, 0.15) is 12.0 Å². The van der Waals surface area contributed by atoms with Crippen molar-refractivity contribution < 1.29 is 4.79 Å². The lowest BCUT2D eigenvalue weighted by Crippen LogP contribution is -2.18. The fourth-order valence-electron chi connectivity index (χ4n) is 2.17. The summed E-state index contributed by atoms with van der Waals surface area (Å²) < 4.78 is 3.23. The number of nitrogens with zero attached hydrogens (tertiary/aromatic N) is 5. The monoisotopic (exact) mass is 330 g/mol. The SMILES string of the molecule is CCn1nccc1C(=O)Nc1ncn(Cc2ccccc2Cl)n1. The second kappa shape index (κ2) is 6.62. The molecule has 0 saturated carbocycles. The Hall–Kier alpha value is -2.67. The molecule has 0 radical (unpaired) electrons. The van der Waals surface area contributed by atoms with E-state index in [4.69, 9.17) is 11.6 Å². The summed E-state index contributed by atoms with van der Waals surface area (Å²) in [5.74, 6) is -0.0502. The summed E-state index contributed by atoms with van der Waals surface area (Å²) in [6, 6.07) is 9.17. The molecule has 2 aromatic heterocycles. The van der Waals surface area contributed by atoms with Crippen molar-refractivity contribution in [1.29, 1.82) is 0 Å². The molecular formula is C15H15ClN6O. The minimum atomic E-state index is -0.292. The van der Waals surface area contributed by atoms with Crippen LogP contribution in [0.5, 0.6) is 0 Å². The van der Waals surface area contributed by atoms with Crippen molar-refractivity contribution in [3.8, 4) is 0 Å². The second-order valence-corrected chi connectivity index (χ2v) is 5.25. The largest absolute Gasteiger partial charge is 0.288 e. The van der Waals surface area contributed by atoms with E-state index >= 15 is 0 Å². The molecule has 1 amide bonds. The predicted octanol–water partition coefficient (Wildman–Crippen LogP) is 2.45. The molecule has 0 aliphatic rings. The van der Waals surface area contributed by atoms with Gasteiger partial charge in [-0.05, 0) is 24.6 Å². The van der Waals surface area contributed by atoms with E-state index in [1.807, 2.05) is 31.2 Å². The summed E-state index contributed by atoms with van der Waals surface area (Å²) >= 11 is 6.13. The highest BCUT2D eigenvalue weighted by Crippen LogP contribution is 2.16. The van der Waals surface area contributed by atoms with Gasteiger partial charge in [0, 0.05) is 17.8 Å². The van der Waals surface area contributed by atoms with Crippen LogP contribution in [0.3, 0.4) is 0 Å². The maximum atomic E-state index is 12.2. The number of aryl methyl sites for hydroxylation is 1. The molecule has 3 aromatic rings.